The molecule has 0 fully saturated rings. The van der Waals surface area contributed by atoms with E-state index in [9.17, 15) is 9.18 Å². The lowest BCUT2D eigenvalue weighted by Gasteiger charge is -2.11. The SMILES string of the molecule is CN=C(NCCc1csc(C)n1)NCC(=O)Nc1ccc(F)cc1. The molecule has 0 aliphatic heterocycles. The molecule has 0 saturated heterocycles. The molecule has 2 aromatic rings. The number of halogens is 1. The Labute approximate surface area is 144 Å². The summed E-state index contributed by atoms with van der Waals surface area (Å²) in [6.07, 6.45) is 0.785. The van der Waals surface area contributed by atoms with Crippen molar-refractivity contribution >= 4 is 28.9 Å². The van der Waals surface area contributed by atoms with Gasteiger partial charge in [0.25, 0.3) is 0 Å². The zero-order chi connectivity index (χ0) is 17.4. The number of nitrogens with zero attached hydrogens (tertiary/aromatic N) is 2. The van der Waals surface area contributed by atoms with E-state index in [2.05, 4.69) is 25.9 Å². The number of aliphatic imine (C=N–C) groups is 1. The van der Waals surface area contributed by atoms with Crippen LogP contribution >= 0.6 is 11.3 Å². The number of aryl methyl sites for hydroxylation is 1. The van der Waals surface area contributed by atoms with E-state index in [1.807, 2.05) is 12.3 Å². The number of carbonyl (C=O) groups is 1. The van der Waals surface area contributed by atoms with Crippen LogP contribution < -0.4 is 16.0 Å². The summed E-state index contributed by atoms with van der Waals surface area (Å²) in [5.41, 5.74) is 1.58. The van der Waals surface area contributed by atoms with E-state index in [4.69, 9.17) is 0 Å². The van der Waals surface area contributed by atoms with E-state index in [1.54, 1.807) is 18.4 Å². The molecule has 6 nitrogen and oxygen atoms in total. The predicted octanol–water partition coefficient (Wildman–Crippen LogP) is 1.94. The van der Waals surface area contributed by atoms with Gasteiger partial charge >= 0.3 is 0 Å². The van der Waals surface area contributed by atoms with Gasteiger partial charge < -0.3 is 16.0 Å². The molecule has 3 N–H and O–H groups in total. The number of nitrogens with one attached hydrogen (secondary N) is 3. The van der Waals surface area contributed by atoms with Crippen LogP contribution in [0.1, 0.15) is 10.7 Å². The van der Waals surface area contributed by atoms with Crippen molar-refractivity contribution < 1.29 is 9.18 Å². The number of aromatic nitrogens is 1. The summed E-state index contributed by atoms with van der Waals surface area (Å²) >= 11 is 1.62. The van der Waals surface area contributed by atoms with Crippen LogP contribution in [-0.4, -0.2) is 37.0 Å². The fourth-order valence-corrected chi connectivity index (χ4v) is 2.60. The highest BCUT2D eigenvalue weighted by Crippen LogP contribution is 2.08. The number of carbonyl (C=O) groups excluding carboxylic acids is 1. The van der Waals surface area contributed by atoms with E-state index in [-0.39, 0.29) is 18.3 Å². The number of hydrogen-bond donors (Lipinski definition) is 3. The maximum absolute atomic E-state index is 12.8. The van der Waals surface area contributed by atoms with Crippen LogP contribution in [0.5, 0.6) is 0 Å². The first-order valence-electron chi connectivity index (χ1n) is 7.48. The van der Waals surface area contributed by atoms with Crippen LogP contribution in [0, 0.1) is 12.7 Å². The largest absolute Gasteiger partial charge is 0.356 e. The summed E-state index contributed by atoms with van der Waals surface area (Å²) in [6, 6.07) is 5.61. The monoisotopic (exact) mass is 349 g/mol. The Morgan fingerprint density at radius 2 is 2.04 bits per heavy atom. The van der Waals surface area contributed by atoms with E-state index in [0.717, 1.165) is 17.1 Å². The van der Waals surface area contributed by atoms with E-state index in [0.29, 0.717) is 18.2 Å². The number of amides is 1. The third-order valence-corrected chi connectivity index (χ3v) is 3.93. The average Bonchev–Trinajstić information content (AvgIpc) is 2.98. The van der Waals surface area contributed by atoms with Gasteiger partial charge in [-0.25, -0.2) is 9.37 Å². The second-order valence-electron chi connectivity index (χ2n) is 5.02. The molecule has 1 aromatic carbocycles. The van der Waals surface area contributed by atoms with Crippen LogP contribution in [0.25, 0.3) is 0 Å². The molecular weight excluding hydrogens is 329 g/mol. The Kier molecular flexibility index (Phi) is 6.68. The zero-order valence-corrected chi connectivity index (χ0v) is 14.4. The first-order chi connectivity index (χ1) is 11.6. The second-order valence-corrected chi connectivity index (χ2v) is 6.08. The minimum absolute atomic E-state index is 0.0624. The minimum atomic E-state index is -0.342. The van der Waals surface area contributed by atoms with Crippen molar-refractivity contribution in [2.75, 3.05) is 25.5 Å². The highest BCUT2D eigenvalue weighted by molar-refractivity contribution is 7.09. The molecule has 0 spiro atoms. The predicted molar refractivity (Wildman–Crippen MR) is 94.9 cm³/mol. The van der Waals surface area contributed by atoms with Crippen LogP contribution in [0.2, 0.25) is 0 Å². The smallest absolute Gasteiger partial charge is 0.243 e. The lowest BCUT2D eigenvalue weighted by Crippen LogP contribution is -2.42. The van der Waals surface area contributed by atoms with Crippen LogP contribution in [0.15, 0.2) is 34.6 Å². The summed E-state index contributed by atoms with van der Waals surface area (Å²) in [5, 5.41) is 11.8. The highest BCUT2D eigenvalue weighted by atomic mass is 32.1. The molecule has 2 rings (SSSR count). The summed E-state index contributed by atoms with van der Waals surface area (Å²) in [7, 11) is 1.64. The molecule has 8 heteroatoms. The molecule has 1 aromatic heterocycles. The topological polar surface area (TPSA) is 78.4 Å². The van der Waals surface area contributed by atoms with Crippen LogP contribution in [-0.2, 0) is 11.2 Å². The first-order valence-corrected chi connectivity index (χ1v) is 8.35. The Balaban J connectivity index is 1.70. The highest BCUT2D eigenvalue weighted by Gasteiger charge is 2.05. The van der Waals surface area contributed by atoms with Gasteiger partial charge in [0.15, 0.2) is 5.96 Å². The van der Waals surface area contributed by atoms with Gasteiger partial charge in [-0.3, -0.25) is 9.79 Å². The molecule has 1 amide bonds. The molecule has 0 bridgehead atoms. The normalized spacial score (nSPS) is 11.2. The van der Waals surface area contributed by atoms with Crippen molar-refractivity contribution in [3.63, 3.8) is 0 Å². The van der Waals surface area contributed by atoms with Crippen molar-refractivity contribution in [1.82, 2.24) is 15.6 Å². The summed E-state index contributed by atoms with van der Waals surface area (Å²) < 4.78 is 12.8. The Hall–Kier alpha value is -2.48. The quantitative estimate of drug-likeness (QED) is 0.550. The summed E-state index contributed by atoms with van der Waals surface area (Å²) in [6.45, 7) is 2.71. The average molecular weight is 349 g/mol. The van der Waals surface area contributed by atoms with E-state index < -0.39 is 0 Å². The fourth-order valence-electron chi connectivity index (χ4n) is 1.96. The Morgan fingerprint density at radius 1 is 1.29 bits per heavy atom. The number of hydrogen-bond acceptors (Lipinski definition) is 4. The van der Waals surface area contributed by atoms with Gasteiger partial charge in [0.2, 0.25) is 5.91 Å². The summed E-state index contributed by atoms with van der Waals surface area (Å²) in [4.78, 5) is 20.3. The molecule has 1 heterocycles. The standard InChI is InChI=1S/C16H20FN5OS/c1-11-21-14(10-24-11)7-8-19-16(18-2)20-9-15(23)22-13-5-3-12(17)4-6-13/h3-6,10H,7-9H2,1-2H3,(H,22,23)(H2,18,19,20). The number of anilines is 1. The maximum Gasteiger partial charge on any atom is 0.243 e. The van der Waals surface area contributed by atoms with Gasteiger partial charge in [-0.15, -0.1) is 11.3 Å². The van der Waals surface area contributed by atoms with Crippen molar-refractivity contribution in [1.29, 1.82) is 0 Å². The molecule has 128 valence electrons. The molecule has 0 unspecified atom stereocenters. The molecule has 0 saturated carbocycles. The van der Waals surface area contributed by atoms with Gasteiger partial charge in [-0.2, -0.15) is 0 Å². The van der Waals surface area contributed by atoms with Crippen LogP contribution in [0.3, 0.4) is 0 Å². The third kappa shape index (κ3) is 5.96. The number of rotatable bonds is 6. The number of thiazole rings is 1. The van der Waals surface area contributed by atoms with Gasteiger partial charge in [-0.1, -0.05) is 0 Å². The minimum Gasteiger partial charge on any atom is -0.356 e. The van der Waals surface area contributed by atoms with Gasteiger partial charge in [0.1, 0.15) is 5.82 Å². The van der Waals surface area contributed by atoms with Gasteiger partial charge in [0.05, 0.1) is 17.2 Å². The molecule has 24 heavy (non-hydrogen) atoms. The van der Waals surface area contributed by atoms with Crippen molar-refractivity contribution in [3.05, 3.63) is 46.2 Å². The molecule has 0 aliphatic carbocycles. The second kappa shape index (κ2) is 8.97. The van der Waals surface area contributed by atoms with Crippen molar-refractivity contribution in [2.24, 2.45) is 4.99 Å². The fraction of sp³-hybridized carbons (Fsp3) is 0.312. The van der Waals surface area contributed by atoms with Crippen LogP contribution in [0.4, 0.5) is 10.1 Å². The first kappa shape index (κ1) is 17.9. The van der Waals surface area contributed by atoms with Crippen molar-refractivity contribution in [2.45, 2.75) is 13.3 Å². The van der Waals surface area contributed by atoms with E-state index >= 15 is 0 Å². The molecular formula is C16H20FN5OS. The van der Waals surface area contributed by atoms with Gasteiger partial charge in [0, 0.05) is 31.1 Å². The third-order valence-electron chi connectivity index (χ3n) is 3.11. The Morgan fingerprint density at radius 3 is 2.67 bits per heavy atom. The van der Waals surface area contributed by atoms with E-state index in [1.165, 1.54) is 24.3 Å². The molecule has 0 aliphatic rings. The zero-order valence-electron chi connectivity index (χ0n) is 13.6. The van der Waals surface area contributed by atoms with Crippen molar-refractivity contribution in [3.8, 4) is 0 Å². The number of benzene rings is 1. The molecule has 0 atom stereocenters. The maximum atomic E-state index is 12.8. The summed E-state index contributed by atoms with van der Waals surface area (Å²) in [5.74, 6) is -0.0399. The lowest BCUT2D eigenvalue weighted by molar-refractivity contribution is -0.115. The Bertz CT molecular complexity index is 699. The van der Waals surface area contributed by atoms with Gasteiger partial charge in [-0.05, 0) is 31.2 Å². The lowest BCUT2D eigenvalue weighted by atomic mass is 10.3. The molecule has 0 radical (unpaired) electrons. The number of guanidine groups is 1.